The van der Waals surface area contributed by atoms with Crippen LogP contribution < -0.4 is 11.3 Å². The number of alkyl halides is 3. The van der Waals surface area contributed by atoms with Gasteiger partial charge in [0.05, 0.1) is 11.3 Å². The predicted molar refractivity (Wildman–Crippen MR) is 61.6 cm³/mol. The van der Waals surface area contributed by atoms with E-state index >= 15 is 0 Å². The molecule has 2 aromatic rings. The van der Waals surface area contributed by atoms with Gasteiger partial charge in [-0.3, -0.25) is 10.8 Å². The van der Waals surface area contributed by atoms with Crippen LogP contribution >= 0.6 is 0 Å². The van der Waals surface area contributed by atoms with Crippen molar-refractivity contribution in [2.45, 2.75) is 12.2 Å². The van der Waals surface area contributed by atoms with E-state index in [-0.39, 0.29) is 0 Å². The summed E-state index contributed by atoms with van der Waals surface area (Å²) in [6, 6.07) is 1.68. The van der Waals surface area contributed by atoms with Crippen LogP contribution in [0.4, 0.5) is 13.2 Å². The van der Waals surface area contributed by atoms with Crippen LogP contribution in [0.2, 0.25) is 0 Å². The lowest BCUT2D eigenvalue weighted by molar-refractivity contribution is -0.137. The highest BCUT2D eigenvalue weighted by molar-refractivity contribution is 5.23. The molecule has 19 heavy (non-hydrogen) atoms. The summed E-state index contributed by atoms with van der Waals surface area (Å²) in [5.41, 5.74) is 2.06. The number of aryl methyl sites for hydroxylation is 1. The molecular weight excluding hydrogens is 259 g/mol. The first-order chi connectivity index (χ1) is 8.93. The molecule has 5 nitrogen and oxygen atoms in total. The highest BCUT2D eigenvalue weighted by atomic mass is 19.4. The summed E-state index contributed by atoms with van der Waals surface area (Å²) in [5.74, 6) is 5.99. The van der Waals surface area contributed by atoms with E-state index in [2.05, 4.69) is 15.4 Å². The molecule has 8 heteroatoms. The Hall–Kier alpha value is -1.93. The molecule has 0 aliphatic rings. The minimum Gasteiger partial charge on any atom is -0.336 e. The van der Waals surface area contributed by atoms with Gasteiger partial charge in [0.2, 0.25) is 0 Å². The van der Waals surface area contributed by atoms with Crippen molar-refractivity contribution in [3.63, 3.8) is 0 Å². The molecule has 0 radical (unpaired) electrons. The molecule has 0 aliphatic carbocycles. The number of rotatable bonds is 3. The number of aromatic nitrogens is 3. The van der Waals surface area contributed by atoms with E-state index in [0.717, 1.165) is 12.3 Å². The minimum atomic E-state index is -4.40. The Bertz CT molecular complexity index is 546. The minimum absolute atomic E-state index is 0.366. The van der Waals surface area contributed by atoms with Crippen molar-refractivity contribution in [1.29, 1.82) is 0 Å². The topological polar surface area (TPSA) is 68.8 Å². The number of nitrogens with zero attached hydrogens (tertiary/aromatic N) is 3. The van der Waals surface area contributed by atoms with Crippen LogP contribution in [0.3, 0.4) is 0 Å². The molecule has 102 valence electrons. The Balaban J connectivity index is 2.33. The average molecular weight is 271 g/mol. The molecule has 1 unspecified atom stereocenters. The SMILES string of the molecule is Cn1ccnc1C(NN)c1ccc(C(F)(F)F)cn1. The second-order valence-electron chi connectivity index (χ2n) is 3.97. The lowest BCUT2D eigenvalue weighted by atomic mass is 10.1. The standard InChI is InChI=1S/C11H12F3N5/c1-19-5-4-16-10(19)9(18-15)8-3-2-7(6-17-8)11(12,13)14/h2-6,9,18H,15H2,1H3. The zero-order valence-corrected chi connectivity index (χ0v) is 10.0. The lowest BCUT2D eigenvalue weighted by Gasteiger charge is -2.15. The summed E-state index contributed by atoms with van der Waals surface area (Å²) < 4.78 is 39.0. The van der Waals surface area contributed by atoms with Gasteiger partial charge in [0.15, 0.2) is 0 Å². The van der Waals surface area contributed by atoms with Crippen molar-refractivity contribution in [3.8, 4) is 0 Å². The van der Waals surface area contributed by atoms with E-state index in [1.807, 2.05) is 0 Å². The van der Waals surface area contributed by atoms with Gasteiger partial charge in [-0.2, -0.15) is 13.2 Å². The van der Waals surface area contributed by atoms with Gasteiger partial charge in [0.1, 0.15) is 11.9 Å². The Morgan fingerprint density at radius 1 is 1.32 bits per heavy atom. The van der Waals surface area contributed by atoms with Crippen molar-refractivity contribution in [3.05, 3.63) is 47.8 Å². The second-order valence-corrected chi connectivity index (χ2v) is 3.97. The number of nitrogens with one attached hydrogen (secondary N) is 1. The van der Waals surface area contributed by atoms with Gasteiger partial charge in [-0.1, -0.05) is 0 Å². The highest BCUT2D eigenvalue weighted by Gasteiger charge is 2.31. The van der Waals surface area contributed by atoms with Crippen LogP contribution in [-0.2, 0) is 13.2 Å². The van der Waals surface area contributed by atoms with Crippen LogP contribution in [0, 0.1) is 0 Å². The first kappa shape index (κ1) is 13.5. The van der Waals surface area contributed by atoms with Gasteiger partial charge in [0.25, 0.3) is 0 Å². The average Bonchev–Trinajstić information content (AvgIpc) is 2.76. The Kier molecular flexibility index (Phi) is 3.54. The Morgan fingerprint density at radius 3 is 2.47 bits per heavy atom. The van der Waals surface area contributed by atoms with Gasteiger partial charge >= 0.3 is 6.18 Å². The maximum Gasteiger partial charge on any atom is 0.417 e. The third kappa shape index (κ3) is 2.74. The van der Waals surface area contributed by atoms with E-state index in [0.29, 0.717) is 11.5 Å². The molecule has 1 atom stereocenters. The summed E-state index contributed by atoms with van der Waals surface area (Å²) in [6.07, 6.45) is -0.337. The summed E-state index contributed by atoms with van der Waals surface area (Å²) in [4.78, 5) is 7.89. The molecule has 0 amide bonds. The number of nitrogens with two attached hydrogens (primary N) is 1. The van der Waals surface area contributed by atoms with E-state index in [1.165, 1.54) is 6.07 Å². The number of pyridine rings is 1. The summed E-state index contributed by atoms with van der Waals surface area (Å²) in [5, 5.41) is 0. The molecule has 2 rings (SSSR count). The zero-order chi connectivity index (χ0) is 14.0. The molecule has 3 N–H and O–H groups in total. The number of hydrogen-bond acceptors (Lipinski definition) is 4. The van der Waals surface area contributed by atoms with Crippen molar-refractivity contribution in [1.82, 2.24) is 20.0 Å². The first-order valence-electron chi connectivity index (χ1n) is 5.40. The monoisotopic (exact) mass is 271 g/mol. The third-order valence-electron chi connectivity index (χ3n) is 2.69. The fourth-order valence-corrected chi connectivity index (χ4v) is 1.69. The predicted octanol–water partition coefficient (Wildman–Crippen LogP) is 1.39. The maximum absolute atomic E-state index is 12.4. The van der Waals surface area contributed by atoms with Crippen molar-refractivity contribution in [2.75, 3.05) is 0 Å². The van der Waals surface area contributed by atoms with Gasteiger partial charge in [0, 0.05) is 25.6 Å². The van der Waals surface area contributed by atoms with Gasteiger partial charge in [-0.05, 0) is 12.1 Å². The van der Waals surface area contributed by atoms with E-state index < -0.39 is 17.8 Å². The summed E-state index contributed by atoms with van der Waals surface area (Å²) in [6.45, 7) is 0. The number of imidazole rings is 1. The molecule has 0 bridgehead atoms. The van der Waals surface area contributed by atoms with E-state index in [9.17, 15) is 13.2 Å². The normalized spacial score (nSPS) is 13.5. The first-order valence-corrected chi connectivity index (χ1v) is 5.40. The molecule has 2 heterocycles. The highest BCUT2D eigenvalue weighted by Crippen LogP contribution is 2.29. The maximum atomic E-state index is 12.4. The smallest absolute Gasteiger partial charge is 0.336 e. The number of hydrazine groups is 1. The third-order valence-corrected chi connectivity index (χ3v) is 2.69. The molecule has 0 fully saturated rings. The van der Waals surface area contributed by atoms with Crippen molar-refractivity contribution < 1.29 is 13.2 Å². The van der Waals surface area contributed by atoms with E-state index in [1.54, 1.807) is 24.0 Å². The van der Waals surface area contributed by atoms with Gasteiger partial charge in [-0.15, -0.1) is 0 Å². The molecule has 0 aliphatic heterocycles. The quantitative estimate of drug-likeness (QED) is 0.654. The van der Waals surface area contributed by atoms with Crippen LogP contribution in [0.25, 0.3) is 0 Å². The van der Waals surface area contributed by atoms with Crippen molar-refractivity contribution in [2.24, 2.45) is 12.9 Å². The van der Waals surface area contributed by atoms with Crippen LogP contribution in [0.5, 0.6) is 0 Å². The fourth-order valence-electron chi connectivity index (χ4n) is 1.69. The van der Waals surface area contributed by atoms with Crippen LogP contribution in [0.1, 0.15) is 23.1 Å². The number of halogens is 3. The summed E-state index contributed by atoms with van der Waals surface area (Å²) >= 11 is 0. The molecule has 0 saturated carbocycles. The van der Waals surface area contributed by atoms with Gasteiger partial charge in [-0.25, -0.2) is 10.4 Å². The van der Waals surface area contributed by atoms with Crippen LogP contribution in [-0.4, -0.2) is 14.5 Å². The number of hydrogen-bond donors (Lipinski definition) is 2. The molecule has 2 aromatic heterocycles. The Labute approximate surface area is 107 Å². The largest absolute Gasteiger partial charge is 0.417 e. The van der Waals surface area contributed by atoms with Crippen LogP contribution in [0.15, 0.2) is 30.7 Å². The zero-order valence-electron chi connectivity index (χ0n) is 10.0. The van der Waals surface area contributed by atoms with Crippen molar-refractivity contribution >= 4 is 0 Å². The molecule has 0 spiro atoms. The fraction of sp³-hybridized carbons (Fsp3) is 0.273. The van der Waals surface area contributed by atoms with E-state index in [4.69, 9.17) is 5.84 Å². The molecule has 0 saturated heterocycles. The second kappa shape index (κ2) is 4.98. The summed E-state index contributed by atoms with van der Waals surface area (Å²) in [7, 11) is 1.76. The molecular formula is C11H12F3N5. The Morgan fingerprint density at radius 2 is 2.05 bits per heavy atom. The lowest BCUT2D eigenvalue weighted by Crippen LogP contribution is -2.31. The van der Waals surface area contributed by atoms with Gasteiger partial charge < -0.3 is 4.57 Å². The molecule has 0 aromatic carbocycles.